The molecule has 0 aromatic heterocycles. The van der Waals surface area contributed by atoms with Gasteiger partial charge in [0.2, 0.25) is 11.8 Å². The molecule has 0 radical (unpaired) electrons. The molecule has 1 aliphatic heterocycles. The van der Waals surface area contributed by atoms with Gasteiger partial charge in [-0.15, -0.1) is 0 Å². The van der Waals surface area contributed by atoms with Crippen molar-refractivity contribution >= 4 is 11.8 Å². The molecule has 22 heavy (non-hydrogen) atoms. The van der Waals surface area contributed by atoms with Crippen molar-refractivity contribution in [1.29, 1.82) is 0 Å². The van der Waals surface area contributed by atoms with E-state index in [1.807, 2.05) is 0 Å². The number of rotatable bonds is 2. The Labute approximate surface area is 127 Å². The van der Waals surface area contributed by atoms with Gasteiger partial charge < -0.3 is 0 Å². The van der Waals surface area contributed by atoms with Crippen LogP contribution in [-0.4, -0.2) is 16.7 Å². The summed E-state index contributed by atoms with van der Waals surface area (Å²) in [6, 6.07) is 6.01. The molecule has 1 aromatic carbocycles. The summed E-state index contributed by atoms with van der Waals surface area (Å²) >= 11 is 0. The van der Waals surface area contributed by atoms with Crippen molar-refractivity contribution in [3.05, 3.63) is 47.8 Å². The number of halogens is 1. The second kappa shape index (κ2) is 3.86. The van der Waals surface area contributed by atoms with Gasteiger partial charge in [0, 0.05) is 0 Å². The molecule has 4 atom stereocenters. The number of carbonyl (C=O) groups is 2. The lowest BCUT2D eigenvalue weighted by molar-refractivity contribution is -0.141. The Morgan fingerprint density at radius 2 is 1.55 bits per heavy atom. The summed E-state index contributed by atoms with van der Waals surface area (Å²) in [5.41, 5.74) is 1.03. The molecule has 2 saturated carbocycles. The first-order chi connectivity index (χ1) is 10.6. The number of hydrogen-bond donors (Lipinski definition) is 0. The van der Waals surface area contributed by atoms with Crippen LogP contribution in [0.15, 0.2) is 36.4 Å². The lowest BCUT2D eigenvalue weighted by Crippen LogP contribution is -2.34. The maximum absolute atomic E-state index is 13.0. The first-order valence-corrected chi connectivity index (χ1v) is 7.90. The highest BCUT2D eigenvalue weighted by Crippen LogP contribution is 2.73. The number of allylic oxidation sites excluding steroid dienone is 2. The number of benzene rings is 1. The summed E-state index contributed by atoms with van der Waals surface area (Å²) in [4.78, 5) is 26.9. The summed E-state index contributed by atoms with van der Waals surface area (Å²) in [6.07, 6.45) is 6.65. The Kier molecular flexibility index (Phi) is 2.20. The Morgan fingerprint density at radius 3 is 2.05 bits per heavy atom. The average Bonchev–Trinajstić information content (AvgIpc) is 3.12. The molecule has 0 N–H and O–H groups in total. The quantitative estimate of drug-likeness (QED) is 0.621. The largest absolute Gasteiger partial charge is 0.278 e. The second-order valence-electron chi connectivity index (χ2n) is 7.11. The van der Waals surface area contributed by atoms with Crippen LogP contribution in [0.25, 0.3) is 0 Å². The minimum Gasteiger partial charge on any atom is -0.278 e. The predicted molar refractivity (Wildman–Crippen MR) is 76.7 cm³/mol. The summed E-state index contributed by atoms with van der Waals surface area (Å²) in [7, 11) is 0. The Bertz CT molecular complexity index is 685. The van der Waals surface area contributed by atoms with Crippen molar-refractivity contribution in [3.8, 4) is 0 Å². The van der Waals surface area contributed by atoms with Crippen LogP contribution in [-0.2, 0) is 16.1 Å². The van der Waals surface area contributed by atoms with Gasteiger partial charge in [-0.05, 0) is 47.8 Å². The molecule has 2 bridgehead atoms. The molecule has 4 heteroatoms. The number of imide groups is 1. The normalized spacial score (nSPS) is 36.5. The zero-order valence-corrected chi connectivity index (χ0v) is 12.0. The van der Waals surface area contributed by atoms with Crippen molar-refractivity contribution < 1.29 is 14.0 Å². The number of nitrogens with zero attached hydrogens (tertiary/aromatic N) is 1. The Hall–Kier alpha value is -1.97. The minimum atomic E-state index is -0.308. The first-order valence-electron chi connectivity index (χ1n) is 7.90. The van der Waals surface area contributed by atoms with Gasteiger partial charge >= 0.3 is 0 Å². The molecular weight excluding hydrogens is 281 g/mol. The SMILES string of the molecule is O=C1[C@@H]2[C@@H](C(=O)N1Cc1ccc(F)cc1)[C@H]1C=C[C@H]2C12CC2. The molecule has 2 amide bonds. The molecule has 112 valence electrons. The fourth-order valence-electron chi connectivity index (χ4n) is 5.07. The van der Waals surface area contributed by atoms with Gasteiger partial charge in [0.05, 0.1) is 18.4 Å². The molecule has 1 spiro atoms. The number of likely N-dealkylation sites (tertiary alicyclic amines) is 1. The molecule has 3 nitrogen and oxygen atoms in total. The van der Waals surface area contributed by atoms with Gasteiger partial charge in [0.25, 0.3) is 0 Å². The lowest BCUT2D eigenvalue weighted by atomic mass is 9.85. The lowest BCUT2D eigenvalue weighted by Gasteiger charge is -2.21. The van der Waals surface area contributed by atoms with E-state index in [0.29, 0.717) is 0 Å². The second-order valence-corrected chi connectivity index (χ2v) is 7.11. The molecule has 1 saturated heterocycles. The number of hydrogen-bond acceptors (Lipinski definition) is 2. The van der Waals surface area contributed by atoms with E-state index in [4.69, 9.17) is 0 Å². The highest BCUT2D eigenvalue weighted by atomic mass is 19.1. The monoisotopic (exact) mass is 297 g/mol. The van der Waals surface area contributed by atoms with Crippen LogP contribution in [0.1, 0.15) is 18.4 Å². The minimum absolute atomic E-state index is 0.0255. The average molecular weight is 297 g/mol. The maximum Gasteiger partial charge on any atom is 0.234 e. The van der Waals surface area contributed by atoms with Crippen molar-refractivity contribution in [1.82, 2.24) is 4.90 Å². The molecule has 5 rings (SSSR count). The number of amides is 2. The van der Waals surface area contributed by atoms with Gasteiger partial charge in [-0.3, -0.25) is 14.5 Å². The van der Waals surface area contributed by atoms with E-state index in [1.54, 1.807) is 12.1 Å². The van der Waals surface area contributed by atoms with E-state index < -0.39 is 0 Å². The van der Waals surface area contributed by atoms with E-state index >= 15 is 0 Å². The van der Waals surface area contributed by atoms with Crippen LogP contribution in [0.4, 0.5) is 4.39 Å². The summed E-state index contributed by atoms with van der Waals surface area (Å²) in [5.74, 6) is -0.132. The van der Waals surface area contributed by atoms with E-state index in [1.165, 1.54) is 17.0 Å². The van der Waals surface area contributed by atoms with Crippen LogP contribution in [0, 0.1) is 34.9 Å². The summed E-state index contributed by atoms with van der Waals surface area (Å²) in [5, 5.41) is 0. The first kappa shape index (κ1) is 12.6. The molecule has 4 aliphatic rings. The van der Waals surface area contributed by atoms with Crippen molar-refractivity contribution in [3.63, 3.8) is 0 Å². The van der Waals surface area contributed by atoms with E-state index in [2.05, 4.69) is 12.2 Å². The summed E-state index contributed by atoms with van der Waals surface area (Å²) in [6.45, 7) is 0.261. The molecule has 1 aromatic rings. The molecule has 1 heterocycles. The molecular formula is C18H16FNO2. The third-order valence-electron chi connectivity index (χ3n) is 6.20. The molecule has 3 fully saturated rings. The van der Waals surface area contributed by atoms with Gasteiger partial charge in [0.1, 0.15) is 5.82 Å². The van der Waals surface area contributed by atoms with Gasteiger partial charge in [-0.2, -0.15) is 0 Å². The Morgan fingerprint density at radius 1 is 1.00 bits per heavy atom. The standard InChI is InChI=1S/C18H16FNO2/c19-11-3-1-10(2-4-11)9-20-16(21)14-12-5-6-13(15(14)17(20)22)18(12)7-8-18/h1-6,12-15H,7-9H2/t12-,13-,14+,15+/m1/s1. The van der Waals surface area contributed by atoms with Crippen LogP contribution in [0.3, 0.4) is 0 Å². The fraction of sp³-hybridized carbons (Fsp3) is 0.444. The van der Waals surface area contributed by atoms with Crippen molar-refractivity contribution in [2.45, 2.75) is 19.4 Å². The van der Waals surface area contributed by atoms with Crippen LogP contribution < -0.4 is 0 Å². The van der Waals surface area contributed by atoms with E-state index in [0.717, 1.165) is 18.4 Å². The van der Waals surface area contributed by atoms with Gasteiger partial charge in [-0.25, -0.2) is 4.39 Å². The predicted octanol–water partition coefficient (Wildman–Crippen LogP) is 2.52. The van der Waals surface area contributed by atoms with Gasteiger partial charge in [-0.1, -0.05) is 24.3 Å². The van der Waals surface area contributed by atoms with E-state index in [9.17, 15) is 14.0 Å². The highest BCUT2D eigenvalue weighted by molar-refractivity contribution is 6.06. The Balaban J connectivity index is 1.45. The van der Waals surface area contributed by atoms with Crippen LogP contribution in [0.2, 0.25) is 0 Å². The third-order valence-corrected chi connectivity index (χ3v) is 6.20. The van der Waals surface area contributed by atoms with Crippen molar-refractivity contribution in [2.24, 2.45) is 29.1 Å². The van der Waals surface area contributed by atoms with Gasteiger partial charge in [0.15, 0.2) is 0 Å². The topological polar surface area (TPSA) is 37.4 Å². The number of carbonyl (C=O) groups excluding carboxylic acids is 2. The maximum atomic E-state index is 13.0. The number of fused-ring (bicyclic) bond motifs is 3. The van der Waals surface area contributed by atoms with Crippen LogP contribution in [0.5, 0.6) is 0 Å². The highest BCUT2D eigenvalue weighted by Gasteiger charge is 2.73. The molecule has 0 unspecified atom stereocenters. The zero-order chi connectivity index (χ0) is 15.1. The van der Waals surface area contributed by atoms with Crippen LogP contribution >= 0.6 is 0 Å². The fourth-order valence-corrected chi connectivity index (χ4v) is 5.07. The molecule has 3 aliphatic carbocycles. The smallest absolute Gasteiger partial charge is 0.234 e. The van der Waals surface area contributed by atoms with E-state index in [-0.39, 0.29) is 53.3 Å². The van der Waals surface area contributed by atoms with Crippen molar-refractivity contribution in [2.75, 3.05) is 0 Å². The third kappa shape index (κ3) is 1.36. The summed E-state index contributed by atoms with van der Waals surface area (Å²) < 4.78 is 13.0. The zero-order valence-electron chi connectivity index (χ0n) is 12.0.